The molecule has 0 bridgehead atoms. The van der Waals surface area contributed by atoms with Crippen LogP contribution in [0.4, 0.5) is 11.4 Å². The summed E-state index contributed by atoms with van der Waals surface area (Å²) in [5, 5.41) is 34.4. The molecular formula is C45H56Cl4N5O18P3. The normalized spacial score (nSPS) is 12.9. The number of nitro benzene ring substituents is 2. The van der Waals surface area contributed by atoms with E-state index in [1.807, 2.05) is 0 Å². The van der Waals surface area contributed by atoms with E-state index in [-0.39, 0.29) is 60.2 Å². The van der Waals surface area contributed by atoms with E-state index in [0.29, 0.717) is 18.1 Å². The van der Waals surface area contributed by atoms with Crippen LogP contribution in [0, 0.1) is 20.2 Å². The standard InChI is InChI=1S/C17H19N2O7P.C11H15ClNO4P.C6H5Cl2O2P.C6H5NO3.C5H11NO2.ClH/c1-3-24-17(20)13(2)18-27(23,25-15-7-5-4-6-8-15)26-16-11-9-14(10-12-16)19(21)22;1-3-16-11(14)9(2)13-18(12,15)17-10-7-5-4-6-8-10;7-11(8,9)10-6-4-2-1-3-5-6;8-6-3-1-5(2-4-6)7(9)10;1-3-8-5(7)4(2)6;/h4-13H,3H2,1-2H3,(H,18,23);4-9H,3H2,1-2H3,(H,13,15);1-5H;1-4,8H;4H,3,6H2,1-2H3;1H/t13-,27?;9-,18?;;;4-;/m00..0./s1. The number of carbonyl (C=O) groups is 3. The number of benzene rings is 5. The zero-order chi connectivity index (χ0) is 55.9. The first kappa shape index (κ1) is 69.0. The van der Waals surface area contributed by atoms with Gasteiger partial charge in [0.2, 0.25) is 0 Å². The largest absolute Gasteiger partial charge is 0.513 e. The molecule has 0 saturated carbocycles. The van der Waals surface area contributed by atoms with Crippen LogP contribution in [0.25, 0.3) is 0 Å². The average molecular weight is 1190 g/mol. The highest BCUT2D eigenvalue weighted by atomic mass is 35.9. The summed E-state index contributed by atoms with van der Waals surface area (Å²) < 4.78 is 70.7. The first-order valence-electron chi connectivity index (χ1n) is 21.5. The SMILES string of the molecule is CCOC(=O)[C@H](C)N.CCOC(=O)[C@H](C)NP(=O)(Cl)Oc1ccccc1.CCOC(=O)[C@H](C)NP(=O)(Oc1ccccc1)Oc1ccc([N+](=O)[O-])cc1.Cl.O=P(Cl)(Cl)Oc1ccccc1.O=[N+]([O-])c1ccc(O)cc1. The topological polar surface area (TPSA) is 324 Å². The number of phenolic OH excluding ortho intramolecular Hbond substituents is 1. The molecule has 0 heterocycles. The third-order valence-corrected chi connectivity index (χ3v) is 11.9. The predicted octanol–water partition coefficient (Wildman–Crippen LogP) is 11.9. The lowest BCUT2D eigenvalue weighted by Gasteiger charge is -2.23. The second-order valence-corrected chi connectivity index (χ2v) is 22.5. The molecule has 30 heteroatoms. The number of carbonyl (C=O) groups excluding carboxylic acids is 3. The number of hydrogen-bond acceptors (Lipinski definition) is 19. The highest BCUT2D eigenvalue weighted by Crippen LogP contribution is 2.57. The van der Waals surface area contributed by atoms with Crippen LogP contribution in [-0.4, -0.2) is 70.8 Å². The maximum Gasteiger partial charge on any atom is 0.513 e. The van der Waals surface area contributed by atoms with Gasteiger partial charge in [-0.2, -0.15) is 5.09 Å². The molecule has 412 valence electrons. The zero-order valence-corrected chi connectivity index (χ0v) is 46.6. The van der Waals surface area contributed by atoms with E-state index < -0.39 is 60.6 Å². The summed E-state index contributed by atoms with van der Waals surface area (Å²) in [5.41, 5.74) is 4.99. The summed E-state index contributed by atoms with van der Waals surface area (Å²) in [5.74, 6) is -0.371. The van der Waals surface area contributed by atoms with Crippen molar-refractivity contribution in [1.29, 1.82) is 0 Å². The Hall–Kier alpha value is -5.96. The number of aromatic hydroxyl groups is 1. The number of esters is 3. The summed E-state index contributed by atoms with van der Waals surface area (Å²) in [7, 11) is -4.06. The molecule has 0 amide bonds. The summed E-state index contributed by atoms with van der Waals surface area (Å²) >= 11 is 16.1. The molecule has 5 aromatic carbocycles. The molecule has 0 aliphatic carbocycles. The van der Waals surface area contributed by atoms with Gasteiger partial charge in [-0.05, 0) is 102 Å². The molecular weight excluding hydrogens is 1130 g/mol. The molecule has 2 unspecified atom stereocenters. The van der Waals surface area contributed by atoms with Gasteiger partial charge < -0.3 is 43.1 Å². The molecule has 23 nitrogen and oxygen atoms in total. The van der Waals surface area contributed by atoms with Gasteiger partial charge in [0.05, 0.1) is 29.7 Å². The Labute approximate surface area is 453 Å². The second kappa shape index (κ2) is 36.1. The van der Waals surface area contributed by atoms with Gasteiger partial charge in [0.1, 0.15) is 46.9 Å². The van der Waals surface area contributed by atoms with Crippen LogP contribution in [-0.2, 0) is 42.3 Å². The molecule has 0 aliphatic rings. The Kier molecular flexibility index (Phi) is 33.2. The number of nitrogens with two attached hydrogens (primary N) is 1. The minimum absolute atomic E-state index is 0. The first-order chi connectivity index (χ1) is 34.7. The van der Waals surface area contributed by atoms with Crippen LogP contribution in [0.3, 0.4) is 0 Å². The van der Waals surface area contributed by atoms with E-state index in [2.05, 4.69) is 19.4 Å². The summed E-state index contributed by atoms with van der Waals surface area (Å²) in [4.78, 5) is 53.3. The van der Waals surface area contributed by atoms with Crippen molar-refractivity contribution < 1.29 is 75.3 Å². The predicted molar refractivity (Wildman–Crippen MR) is 286 cm³/mol. The van der Waals surface area contributed by atoms with Gasteiger partial charge >= 0.3 is 38.6 Å². The maximum atomic E-state index is 13.2. The third kappa shape index (κ3) is 31.5. The van der Waals surface area contributed by atoms with Crippen LogP contribution < -0.4 is 34.0 Å². The van der Waals surface area contributed by atoms with Crippen LogP contribution in [0.2, 0.25) is 0 Å². The quantitative estimate of drug-likeness (QED) is 0.0185. The third-order valence-electron chi connectivity index (χ3n) is 7.86. The number of halogens is 4. The average Bonchev–Trinajstić information content (AvgIpc) is 3.33. The summed E-state index contributed by atoms with van der Waals surface area (Å²) in [6.45, 7) is 6.83. The minimum Gasteiger partial charge on any atom is -0.508 e. The molecule has 5 N–H and O–H groups in total. The lowest BCUT2D eigenvalue weighted by Crippen LogP contribution is -2.35. The fraction of sp³-hybridized carbons (Fsp3) is 0.267. The highest BCUT2D eigenvalue weighted by molar-refractivity contribution is 8.05. The Balaban J connectivity index is 0.000000984. The molecule has 0 fully saturated rings. The van der Waals surface area contributed by atoms with E-state index in [9.17, 15) is 48.3 Å². The number of nitrogens with one attached hydrogen (secondary N) is 2. The Morgan fingerprint density at radius 2 is 0.867 bits per heavy atom. The number of nitrogens with zero attached hydrogens (tertiary/aromatic N) is 2. The Morgan fingerprint density at radius 1 is 0.547 bits per heavy atom. The maximum absolute atomic E-state index is 13.2. The van der Waals surface area contributed by atoms with E-state index in [1.54, 1.807) is 119 Å². The van der Waals surface area contributed by atoms with Gasteiger partial charge in [0.15, 0.2) is 0 Å². The molecule has 0 aliphatic heterocycles. The van der Waals surface area contributed by atoms with E-state index >= 15 is 0 Å². The second-order valence-electron chi connectivity index (χ2n) is 14.0. The molecule has 75 heavy (non-hydrogen) atoms. The van der Waals surface area contributed by atoms with Crippen molar-refractivity contribution in [3.63, 3.8) is 0 Å². The van der Waals surface area contributed by atoms with Crippen molar-refractivity contribution in [2.75, 3.05) is 19.8 Å². The van der Waals surface area contributed by atoms with Crippen LogP contribution in [0.1, 0.15) is 41.5 Å². The van der Waals surface area contributed by atoms with E-state index in [4.69, 9.17) is 67.6 Å². The summed E-state index contributed by atoms with van der Waals surface area (Å²) in [6, 6.07) is 33.0. The van der Waals surface area contributed by atoms with Gasteiger partial charge in [-0.25, -0.2) is 18.8 Å². The number of rotatable bonds is 20. The number of phenols is 1. The zero-order valence-electron chi connectivity index (χ0n) is 40.9. The van der Waals surface area contributed by atoms with E-state index in [1.165, 1.54) is 62.4 Å². The molecule has 0 saturated heterocycles. The number of hydrogen-bond donors (Lipinski definition) is 4. The van der Waals surface area contributed by atoms with Crippen molar-refractivity contribution in [1.82, 2.24) is 10.2 Å². The lowest BCUT2D eigenvalue weighted by molar-refractivity contribution is -0.385. The molecule has 0 radical (unpaired) electrons. The fourth-order valence-electron chi connectivity index (χ4n) is 4.66. The number of ether oxygens (including phenoxy) is 3. The molecule has 5 atom stereocenters. The van der Waals surface area contributed by atoms with Gasteiger partial charge in [-0.3, -0.25) is 34.6 Å². The van der Waals surface area contributed by atoms with Crippen molar-refractivity contribution in [2.24, 2.45) is 5.73 Å². The van der Waals surface area contributed by atoms with Crippen molar-refractivity contribution >= 4 is 96.1 Å². The van der Waals surface area contributed by atoms with Gasteiger partial charge in [-0.1, -0.05) is 54.6 Å². The van der Waals surface area contributed by atoms with Gasteiger partial charge in [0, 0.05) is 58.0 Å². The highest BCUT2D eigenvalue weighted by Gasteiger charge is 2.34. The van der Waals surface area contributed by atoms with E-state index in [0.717, 1.165) is 0 Å². The Morgan fingerprint density at radius 3 is 1.20 bits per heavy atom. The Bertz CT molecular complexity index is 2630. The molecule has 5 aromatic rings. The molecule has 0 spiro atoms. The van der Waals surface area contributed by atoms with Gasteiger partial charge in [0.25, 0.3) is 11.4 Å². The van der Waals surface area contributed by atoms with Crippen molar-refractivity contribution in [3.05, 3.63) is 160 Å². The minimum atomic E-state index is -4.06. The van der Waals surface area contributed by atoms with Crippen molar-refractivity contribution in [2.45, 2.75) is 59.7 Å². The molecule has 0 aromatic heterocycles. The summed E-state index contributed by atoms with van der Waals surface area (Å²) in [6.07, 6.45) is -3.44. The lowest BCUT2D eigenvalue weighted by atomic mass is 10.3. The van der Waals surface area contributed by atoms with Crippen LogP contribution in [0.5, 0.6) is 28.7 Å². The van der Waals surface area contributed by atoms with Crippen LogP contribution >= 0.6 is 66.8 Å². The van der Waals surface area contributed by atoms with Crippen LogP contribution in [0.15, 0.2) is 140 Å². The fourth-order valence-corrected chi connectivity index (χ4v) is 8.72. The number of para-hydroxylation sites is 3. The first-order valence-corrected chi connectivity index (χ1v) is 29.1. The number of non-ortho nitro benzene ring substituents is 2. The monoisotopic (exact) mass is 1190 g/mol. The van der Waals surface area contributed by atoms with Gasteiger partial charge in [-0.15, -0.1) is 12.4 Å². The number of nitro groups is 2. The molecule has 5 rings (SSSR count). The van der Waals surface area contributed by atoms with Crippen molar-refractivity contribution in [3.8, 4) is 28.7 Å². The smallest absolute Gasteiger partial charge is 0.508 e.